The van der Waals surface area contributed by atoms with Crippen molar-refractivity contribution in [1.82, 2.24) is 5.32 Å². The number of amides is 1. The zero-order valence-corrected chi connectivity index (χ0v) is 9.25. The fourth-order valence-electron chi connectivity index (χ4n) is 1.70. The van der Waals surface area contributed by atoms with E-state index in [-0.39, 0.29) is 12.6 Å². The van der Waals surface area contributed by atoms with Gasteiger partial charge in [0, 0.05) is 12.6 Å². The number of rotatable bonds is 4. The lowest BCUT2D eigenvalue weighted by molar-refractivity contribution is 0.0942. The van der Waals surface area contributed by atoms with Crippen molar-refractivity contribution < 1.29 is 13.6 Å². The highest BCUT2D eigenvalue weighted by Crippen LogP contribution is 2.31. The largest absolute Gasteiger partial charge is 0.350 e. The summed E-state index contributed by atoms with van der Waals surface area (Å²) in [6.45, 7) is 0.247. The Morgan fingerprint density at radius 3 is 2.53 bits per heavy atom. The molecule has 92 valence electrons. The maximum Gasteiger partial charge on any atom is 0.257 e. The minimum Gasteiger partial charge on any atom is -0.350 e. The lowest BCUT2D eigenvalue weighted by atomic mass is 10.1. The molecule has 0 radical (unpaired) electrons. The van der Waals surface area contributed by atoms with Gasteiger partial charge in [-0.3, -0.25) is 4.79 Å². The normalized spacial score (nSPS) is 16.6. The van der Waals surface area contributed by atoms with E-state index in [9.17, 15) is 13.6 Å². The van der Waals surface area contributed by atoms with Crippen molar-refractivity contribution in [3.8, 4) is 0 Å². The van der Waals surface area contributed by atoms with Gasteiger partial charge in [-0.05, 0) is 30.9 Å². The van der Waals surface area contributed by atoms with Crippen LogP contribution in [0.5, 0.6) is 0 Å². The maximum atomic E-state index is 13.3. The lowest BCUT2D eigenvalue weighted by Crippen LogP contribution is -2.39. The Kier molecular flexibility index (Phi) is 3.38. The Hall–Kier alpha value is -1.49. The molecule has 5 heteroatoms. The lowest BCUT2D eigenvalue weighted by Gasteiger charge is -2.12. The molecule has 0 aliphatic heterocycles. The molecule has 2 rings (SSSR count). The molecule has 1 aromatic rings. The van der Waals surface area contributed by atoms with Gasteiger partial charge in [0.25, 0.3) is 5.91 Å². The smallest absolute Gasteiger partial charge is 0.257 e. The van der Waals surface area contributed by atoms with Crippen LogP contribution < -0.4 is 11.1 Å². The van der Waals surface area contributed by atoms with Crippen LogP contribution in [-0.4, -0.2) is 18.5 Å². The van der Waals surface area contributed by atoms with E-state index in [1.165, 1.54) is 6.07 Å². The molecule has 1 amide bonds. The number of nitrogens with two attached hydrogens (primary N) is 1. The van der Waals surface area contributed by atoms with Gasteiger partial charge in [-0.2, -0.15) is 0 Å². The molecule has 0 saturated heterocycles. The standard InChI is InChI=1S/C12H14F2N2O/c13-8-2-1-3-9(14)11(8)12(17)16-6-10(15)7-4-5-7/h1-3,7,10H,4-6,15H2,(H,16,17). The fraction of sp³-hybridized carbons (Fsp3) is 0.417. The van der Waals surface area contributed by atoms with E-state index in [0.29, 0.717) is 5.92 Å². The van der Waals surface area contributed by atoms with E-state index >= 15 is 0 Å². The van der Waals surface area contributed by atoms with Gasteiger partial charge in [0.1, 0.15) is 17.2 Å². The minimum absolute atomic E-state index is 0.131. The molecule has 1 saturated carbocycles. The Morgan fingerprint density at radius 2 is 2.00 bits per heavy atom. The molecule has 17 heavy (non-hydrogen) atoms. The molecule has 0 spiro atoms. The van der Waals surface area contributed by atoms with E-state index in [1.807, 2.05) is 0 Å². The molecule has 1 atom stereocenters. The Labute approximate surface area is 98.0 Å². The van der Waals surface area contributed by atoms with Crippen LogP contribution in [0.2, 0.25) is 0 Å². The number of nitrogens with one attached hydrogen (secondary N) is 1. The first-order valence-electron chi connectivity index (χ1n) is 5.57. The second kappa shape index (κ2) is 4.79. The van der Waals surface area contributed by atoms with E-state index in [1.54, 1.807) is 0 Å². The summed E-state index contributed by atoms with van der Waals surface area (Å²) < 4.78 is 26.5. The third-order valence-corrected chi connectivity index (χ3v) is 2.92. The van der Waals surface area contributed by atoms with Crippen molar-refractivity contribution in [2.75, 3.05) is 6.54 Å². The highest BCUT2D eigenvalue weighted by atomic mass is 19.1. The first-order valence-corrected chi connectivity index (χ1v) is 5.57. The number of benzene rings is 1. The van der Waals surface area contributed by atoms with E-state index in [2.05, 4.69) is 5.32 Å². The minimum atomic E-state index is -0.859. The van der Waals surface area contributed by atoms with Crippen molar-refractivity contribution >= 4 is 5.91 Å². The fourth-order valence-corrected chi connectivity index (χ4v) is 1.70. The molecule has 3 nitrogen and oxygen atoms in total. The van der Waals surface area contributed by atoms with E-state index < -0.39 is 23.1 Å². The average molecular weight is 240 g/mol. The van der Waals surface area contributed by atoms with Crippen LogP contribution in [0.3, 0.4) is 0 Å². The van der Waals surface area contributed by atoms with E-state index in [0.717, 1.165) is 25.0 Å². The van der Waals surface area contributed by atoms with Crippen LogP contribution >= 0.6 is 0 Å². The third kappa shape index (κ3) is 2.79. The summed E-state index contributed by atoms with van der Waals surface area (Å²) in [5, 5.41) is 2.46. The highest BCUT2D eigenvalue weighted by molar-refractivity contribution is 5.94. The van der Waals surface area contributed by atoms with Gasteiger partial charge in [0.2, 0.25) is 0 Å². The first-order chi connectivity index (χ1) is 8.09. The summed E-state index contributed by atoms with van der Waals surface area (Å²) in [5.74, 6) is -2.04. The molecule has 3 N–H and O–H groups in total. The molecule has 1 aliphatic rings. The molecule has 1 aliphatic carbocycles. The van der Waals surface area contributed by atoms with Crippen LogP contribution in [0.4, 0.5) is 8.78 Å². The second-order valence-electron chi connectivity index (χ2n) is 4.31. The summed E-state index contributed by atoms with van der Waals surface area (Å²) in [7, 11) is 0. The zero-order valence-electron chi connectivity index (χ0n) is 9.25. The van der Waals surface area contributed by atoms with Crippen LogP contribution in [-0.2, 0) is 0 Å². The summed E-state index contributed by atoms with van der Waals surface area (Å²) in [5.41, 5.74) is 5.23. The molecule has 1 fully saturated rings. The number of carbonyl (C=O) groups is 1. The van der Waals surface area contributed by atoms with Gasteiger partial charge in [-0.15, -0.1) is 0 Å². The SMILES string of the molecule is NC(CNC(=O)c1c(F)cccc1F)C1CC1. The molecular formula is C12H14F2N2O. The third-order valence-electron chi connectivity index (χ3n) is 2.92. The number of halogens is 2. The van der Waals surface area contributed by atoms with Crippen LogP contribution in [0.1, 0.15) is 23.2 Å². The van der Waals surface area contributed by atoms with Gasteiger partial charge in [0.05, 0.1) is 0 Å². The first kappa shape index (κ1) is 12.0. The molecule has 1 unspecified atom stereocenters. The summed E-state index contributed by atoms with van der Waals surface area (Å²) >= 11 is 0. The van der Waals surface area contributed by atoms with Crippen molar-refractivity contribution in [2.24, 2.45) is 11.7 Å². The number of hydrogen-bond acceptors (Lipinski definition) is 2. The predicted molar refractivity (Wildman–Crippen MR) is 59.4 cm³/mol. The Morgan fingerprint density at radius 1 is 1.41 bits per heavy atom. The van der Waals surface area contributed by atoms with Gasteiger partial charge in [-0.1, -0.05) is 6.07 Å². The maximum absolute atomic E-state index is 13.3. The summed E-state index contributed by atoms with van der Waals surface area (Å²) in [6.07, 6.45) is 2.12. The molecule has 0 bridgehead atoms. The monoisotopic (exact) mass is 240 g/mol. The number of hydrogen-bond donors (Lipinski definition) is 2. The van der Waals surface area contributed by atoms with Gasteiger partial charge >= 0.3 is 0 Å². The molecule has 0 heterocycles. The van der Waals surface area contributed by atoms with Crippen molar-refractivity contribution in [2.45, 2.75) is 18.9 Å². The molecular weight excluding hydrogens is 226 g/mol. The Balaban J connectivity index is 1.99. The summed E-state index contributed by atoms with van der Waals surface area (Å²) in [6, 6.07) is 3.20. The highest BCUT2D eigenvalue weighted by Gasteiger charge is 2.29. The molecule has 0 aromatic heterocycles. The number of carbonyl (C=O) groups excluding carboxylic acids is 1. The van der Waals surface area contributed by atoms with Gasteiger partial charge in [0.15, 0.2) is 0 Å². The van der Waals surface area contributed by atoms with Crippen molar-refractivity contribution in [1.29, 1.82) is 0 Å². The Bertz CT molecular complexity index is 412. The second-order valence-corrected chi connectivity index (χ2v) is 4.31. The van der Waals surface area contributed by atoms with Gasteiger partial charge < -0.3 is 11.1 Å². The van der Waals surface area contributed by atoms with Crippen LogP contribution in [0, 0.1) is 17.6 Å². The summed E-state index contributed by atoms with van der Waals surface area (Å²) in [4.78, 5) is 11.6. The average Bonchev–Trinajstić information content (AvgIpc) is 3.09. The predicted octanol–water partition coefficient (Wildman–Crippen LogP) is 1.43. The quantitative estimate of drug-likeness (QED) is 0.836. The van der Waals surface area contributed by atoms with Crippen molar-refractivity contribution in [3.05, 3.63) is 35.4 Å². The zero-order chi connectivity index (χ0) is 12.4. The van der Waals surface area contributed by atoms with Crippen LogP contribution in [0.15, 0.2) is 18.2 Å². The van der Waals surface area contributed by atoms with E-state index in [4.69, 9.17) is 5.73 Å². The molecule has 1 aromatic carbocycles. The van der Waals surface area contributed by atoms with Gasteiger partial charge in [-0.25, -0.2) is 8.78 Å². The van der Waals surface area contributed by atoms with Crippen LogP contribution in [0.25, 0.3) is 0 Å². The topological polar surface area (TPSA) is 55.1 Å². The van der Waals surface area contributed by atoms with Crippen molar-refractivity contribution in [3.63, 3.8) is 0 Å².